The second kappa shape index (κ2) is 12.0. The lowest BCUT2D eigenvalue weighted by molar-refractivity contribution is 0.00578. The van der Waals surface area contributed by atoms with E-state index in [1.807, 2.05) is 76.2 Å². The Balaban J connectivity index is 0.000000194. The molecule has 200 valence electrons. The Bertz CT molecular complexity index is 1380. The number of nitrogens with zero attached hydrogens (tertiary/aromatic N) is 2. The summed E-state index contributed by atoms with van der Waals surface area (Å²) in [6.07, 6.45) is 3.54. The maximum Gasteiger partial charge on any atom is 0.498 e. The van der Waals surface area contributed by atoms with Crippen LogP contribution in [0, 0.1) is 0 Å². The Morgan fingerprint density at radius 3 is 1.82 bits per heavy atom. The number of pyridine rings is 2. The van der Waals surface area contributed by atoms with Crippen LogP contribution in [-0.4, -0.2) is 56.1 Å². The molecule has 2 aromatic carbocycles. The summed E-state index contributed by atoms with van der Waals surface area (Å²) in [5.41, 5.74) is 1.83. The quantitative estimate of drug-likeness (QED) is 0.209. The highest BCUT2D eigenvalue weighted by atomic mass is 79.9. The number of benzene rings is 2. The molecule has 0 aliphatic carbocycles. The molecule has 2 aromatic heterocycles. The summed E-state index contributed by atoms with van der Waals surface area (Å²) in [5.74, 6) is 1.45. The fourth-order valence-electron chi connectivity index (χ4n) is 3.82. The summed E-state index contributed by atoms with van der Waals surface area (Å²) < 4.78 is 34.2. The minimum Gasteiger partial charge on any atom is -0.468 e. The van der Waals surface area contributed by atoms with Crippen LogP contribution in [0.5, 0.6) is 11.5 Å². The van der Waals surface area contributed by atoms with Crippen molar-refractivity contribution >= 4 is 50.3 Å². The normalized spacial score (nSPS) is 15.8. The lowest BCUT2D eigenvalue weighted by atomic mass is 9.78. The Morgan fingerprint density at radius 2 is 1.26 bits per heavy atom. The van der Waals surface area contributed by atoms with Gasteiger partial charge in [-0.05, 0) is 80.0 Å². The molecular weight excluding hydrogens is 551 g/mol. The first-order chi connectivity index (χ1) is 18.1. The van der Waals surface area contributed by atoms with Gasteiger partial charge in [0.05, 0.1) is 26.7 Å². The predicted molar refractivity (Wildman–Crippen MR) is 152 cm³/mol. The number of ether oxygens (including phenoxy) is 4. The van der Waals surface area contributed by atoms with Crippen molar-refractivity contribution in [2.24, 2.45) is 0 Å². The number of aromatic nitrogens is 2. The molecular formula is C28H32BBrN2O6. The maximum atomic E-state index is 6.15. The van der Waals surface area contributed by atoms with Gasteiger partial charge in [-0.15, -0.1) is 0 Å². The van der Waals surface area contributed by atoms with Gasteiger partial charge in [0.1, 0.15) is 11.5 Å². The van der Waals surface area contributed by atoms with Crippen molar-refractivity contribution in [1.82, 2.24) is 9.97 Å². The zero-order chi connectivity index (χ0) is 27.3. The van der Waals surface area contributed by atoms with Gasteiger partial charge in [-0.1, -0.05) is 12.1 Å². The van der Waals surface area contributed by atoms with E-state index >= 15 is 0 Å². The zero-order valence-electron chi connectivity index (χ0n) is 22.5. The van der Waals surface area contributed by atoms with Crippen LogP contribution < -0.4 is 14.9 Å². The van der Waals surface area contributed by atoms with Gasteiger partial charge in [0.15, 0.2) is 13.6 Å². The van der Waals surface area contributed by atoms with E-state index in [4.69, 9.17) is 28.3 Å². The summed E-state index contributed by atoms with van der Waals surface area (Å²) >= 11 is 3.43. The van der Waals surface area contributed by atoms with Gasteiger partial charge in [-0.2, -0.15) is 0 Å². The lowest BCUT2D eigenvalue weighted by Crippen LogP contribution is -2.41. The molecule has 0 bridgehead atoms. The van der Waals surface area contributed by atoms with Crippen molar-refractivity contribution in [3.63, 3.8) is 0 Å². The molecule has 0 amide bonds. The largest absolute Gasteiger partial charge is 0.498 e. The average Bonchev–Trinajstić information content (AvgIpc) is 3.12. The first kappa shape index (κ1) is 28.3. The van der Waals surface area contributed by atoms with Gasteiger partial charge >= 0.3 is 7.12 Å². The van der Waals surface area contributed by atoms with Crippen molar-refractivity contribution < 1.29 is 28.3 Å². The Hall–Kier alpha value is -2.76. The number of halogens is 1. The molecule has 1 saturated heterocycles. The second-order valence-electron chi connectivity index (χ2n) is 9.75. The molecule has 10 heteroatoms. The lowest BCUT2D eigenvalue weighted by Gasteiger charge is -2.32. The van der Waals surface area contributed by atoms with Crippen molar-refractivity contribution in [3.8, 4) is 11.5 Å². The van der Waals surface area contributed by atoms with Crippen molar-refractivity contribution in [1.29, 1.82) is 0 Å². The van der Waals surface area contributed by atoms with Crippen molar-refractivity contribution in [3.05, 3.63) is 65.4 Å². The van der Waals surface area contributed by atoms with Crippen molar-refractivity contribution in [2.45, 2.75) is 38.9 Å². The van der Waals surface area contributed by atoms with Gasteiger partial charge in [0.25, 0.3) is 0 Å². The standard InChI is InChI=1S/C17H22BNO4.C11H10BrNO2/c1-16(2)17(3,4)23-18(22-16)13-10-14-12(7-6-8-19-14)9-15(13)21-11-20-5;1-14-7-15-11-5-8-3-2-4-13-10(8)6-9(11)12/h6-10H,11H2,1-5H3;2-6H,7H2,1H3. The van der Waals surface area contributed by atoms with E-state index in [0.29, 0.717) is 5.75 Å². The van der Waals surface area contributed by atoms with Gasteiger partial charge < -0.3 is 28.3 Å². The second-order valence-corrected chi connectivity index (χ2v) is 10.6. The van der Waals surface area contributed by atoms with E-state index in [2.05, 4.69) is 25.9 Å². The maximum absolute atomic E-state index is 6.15. The molecule has 0 radical (unpaired) electrons. The molecule has 1 fully saturated rings. The zero-order valence-corrected chi connectivity index (χ0v) is 24.1. The summed E-state index contributed by atoms with van der Waals surface area (Å²) in [6, 6.07) is 15.6. The minimum atomic E-state index is -0.502. The van der Waals surface area contributed by atoms with Crippen molar-refractivity contribution in [2.75, 3.05) is 27.8 Å². The molecule has 0 N–H and O–H groups in total. The molecule has 3 heterocycles. The average molecular weight is 583 g/mol. The third kappa shape index (κ3) is 6.27. The van der Waals surface area contributed by atoms with E-state index in [1.165, 1.54) is 0 Å². The molecule has 0 unspecified atom stereocenters. The van der Waals surface area contributed by atoms with Gasteiger partial charge in [-0.25, -0.2) is 0 Å². The predicted octanol–water partition coefficient (Wildman–Crippen LogP) is 5.50. The van der Waals surface area contributed by atoms with Crippen LogP contribution in [-0.2, 0) is 18.8 Å². The van der Waals surface area contributed by atoms with Crippen LogP contribution in [0.3, 0.4) is 0 Å². The first-order valence-corrected chi connectivity index (χ1v) is 13.0. The SMILES string of the molecule is COCOc1cc2cccnc2cc1B1OC(C)(C)C(C)(C)O1.COCOc1cc2cccnc2cc1Br. The van der Waals surface area contributed by atoms with E-state index in [-0.39, 0.29) is 13.6 Å². The monoisotopic (exact) mass is 582 g/mol. The fourth-order valence-corrected chi connectivity index (χ4v) is 4.27. The van der Waals surface area contributed by atoms with Crippen LogP contribution in [0.2, 0.25) is 0 Å². The van der Waals surface area contributed by atoms with Crippen LogP contribution in [0.25, 0.3) is 21.8 Å². The third-order valence-electron chi connectivity index (χ3n) is 6.56. The topological polar surface area (TPSA) is 81.2 Å². The highest BCUT2D eigenvalue weighted by molar-refractivity contribution is 9.10. The van der Waals surface area contributed by atoms with Crippen LogP contribution >= 0.6 is 15.9 Å². The van der Waals surface area contributed by atoms with E-state index in [9.17, 15) is 0 Å². The summed E-state index contributed by atoms with van der Waals surface area (Å²) in [7, 11) is 2.69. The first-order valence-electron chi connectivity index (χ1n) is 12.2. The van der Waals surface area contributed by atoms with Crippen LogP contribution in [0.1, 0.15) is 27.7 Å². The molecule has 1 aliphatic heterocycles. The van der Waals surface area contributed by atoms with Gasteiger partial charge in [0.2, 0.25) is 0 Å². The number of hydrogen-bond acceptors (Lipinski definition) is 8. The molecule has 38 heavy (non-hydrogen) atoms. The highest BCUT2D eigenvalue weighted by Gasteiger charge is 2.52. The molecule has 8 nitrogen and oxygen atoms in total. The Kier molecular flexibility index (Phi) is 8.90. The van der Waals surface area contributed by atoms with Crippen LogP contribution in [0.15, 0.2) is 65.4 Å². The number of methoxy groups -OCH3 is 2. The number of fused-ring (bicyclic) bond motifs is 2. The molecule has 0 spiro atoms. The smallest absolute Gasteiger partial charge is 0.468 e. The van der Waals surface area contributed by atoms with E-state index in [0.717, 1.165) is 37.5 Å². The molecule has 5 rings (SSSR count). The minimum absolute atomic E-state index is 0.165. The molecule has 4 aromatic rings. The van der Waals surface area contributed by atoms with Gasteiger partial charge in [0, 0.05) is 42.8 Å². The molecule has 1 aliphatic rings. The summed E-state index contributed by atoms with van der Waals surface area (Å²) in [5, 5.41) is 2.05. The third-order valence-corrected chi connectivity index (χ3v) is 7.18. The Labute approximate surface area is 231 Å². The summed E-state index contributed by atoms with van der Waals surface area (Å²) in [6.45, 7) is 8.52. The molecule has 0 saturated carbocycles. The van der Waals surface area contributed by atoms with Crippen LogP contribution in [0.4, 0.5) is 0 Å². The highest BCUT2D eigenvalue weighted by Crippen LogP contribution is 2.37. The number of hydrogen-bond donors (Lipinski definition) is 0. The molecule has 0 atom stereocenters. The fraction of sp³-hybridized carbons (Fsp3) is 0.357. The Morgan fingerprint density at radius 1 is 0.763 bits per heavy atom. The number of rotatable bonds is 7. The summed E-state index contributed by atoms with van der Waals surface area (Å²) in [4.78, 5) is 8.66. The van der Waals surface area contributed by atoms with Gasteiger partial charge in [-0.3, -0.25) is 9.97 Å². The van der Waals surface area contributed by atoms with E-state index < -0.39 is 18.3 Å². The van der Waals surface area contributed by atoms with E-state index in [1.54, 1.807) is 26.6 Å².